The summed E-state index contributed by atoms with van der Waals surface area (Å²) in [6, 6.07) is 9.31. The van der Waals surface area contributed by atoms with Crippen molar-refractivity contribution in [3.05, 3.63) is 81.1 Å². The van der Waals surface area contributed by atoms with Gasteiger partial charge in [-0.15, -0.1) is 0 Å². The number of amides is 1. The summed E-state index contributed by atoms with van der Waals surface area (Å²) < 4.78 is 19.1. The molecule has 2 heterocycles. The van der Waals surface area contributed by atoms with E-state index in [4.69, 9.17) is 16.0 Å². The number of carbonyl (C=O) groups is 1. The van der Waals surface area contributed by atoms with E-state index >= 15 is 0 Å². The molecule has 2 N–H and O–H groups in total. The fourth-order valence-electron chi connectivity index (χ4n) is 2.50. The molecule has 1 amide bonds. The van der Waals surface area contributed by atoms with Gasteiger partial charge in [0.1, 0.15) is 11.6 Å². The largest absolute Gasteiger partial charge is 0.466 e. The third-order valence-electron chi connectivity index (χ3n) is 3.87. The van der Waals surface area contributed by atoms with E-state index in [1.165, 1.54) is 35.8 Å². The first-order valence-electron chi connectivity index (χ1n) is 7.49. The van der Waals surface area contributed by atoms with Crippen LogP contribution >= 0.6 is 22.9 Å². The molecular weight excluding hydrogens is 365 g/mol. The molecule has 25 heavy (non-hydrogen) atoms. The van der Waals surface area contributed by atoms with Crippen LogP contribution in [0.5, 0.6) is 0 Å². The lowest BCUT2D eigenvalue weighted by atomic mass is 9.93. The number of rotatable bonds is 6. The van der Waals surface area contributed by atoms with E-state index in [2.05, 4.69) is 5.32 Å². The summed E-state index contributed by atoms with van der Waals surface area (Å²) in [5, 5.41) is 17.5. The lowest BCUT2D eigenvalue weighted by Crippen LogP contribution is -2.41. The molecule has 1 unspecified atom stereocenters. The maximum atomic E-state index is 13.8. The molecule has 0 bridgehead atoms. The Morgan fingerprint density at radius 2 is 2.16 bits per heavy atom. The molecule has 0 aliphatic rings. The standard InChI is InChI=1S/C18H15ClFNO3S/c19-14-3-1-4-15(20)13(14)9-17(22)21-11-18(23,12-6-8-25-10-12)16-5-2-7-24-16/h1-8,10,23H,9,11H2,(H,21,22). The van der Waals surface area contributed by atoms with Crippen LogP contribution in [0.1, 0.15) is 16.9 Å². The molecule has 1 atom stereocenters. The van der Waals surface area contributed by atoms with Crippen molar-refractivity contribution in [1.82, 2.24) is 5.32 Å². The van der Waals surface area contributed by atoms with E-state index in [1.807, 2.05) is 5.38 Å². The Labute approximate surface area is 152 Å². The van der Waals surface area contributed by atoms with Gasteiger partial charge in [-0.2, -0.15) is 11.3 Å². The third kappa shape index (κ3) is 3.76. The van der Waals surface area contributed by atoms with Crippen LogP contribution in [0, 0.1) is 5.82 Å². The lowest BCUT2D eigenvalue weighted by Gasteiger charge is -2.25. The van der Waals surface area contributed by atoms with E-state index in [0.29, 0.717) is 11.3 Å². The van der Waals surface area contributed by atoms with Crippen LogP contribution in [0.4, 0.5) is 4.39 Å². The summed E-state index contributed by atoms with van der Waals surface area (Å²) in [6.07, 6.45) is 1.23. The Bertz CT molecular complexity index is 795. The van der Waals surface area contributed by atoms with E-state index in [0.717, 1.165) is 0 Å². The molecule has 0 fully saturated rings. The van der Waals surface area contributed by atoms with Gasteiger partial charge in [-0.3, -0.25) is 4.79 Å². The smallest absolute Gasteiger partial charge is 0.224 e. The maximum absolute atomic E-state index is 13.8. The van der Waals surface area contributed by atoms with Gasteiger partial charge in [0.2, 0.25) is 5.91 Å². The second kappa shape index (κ2) is 7.39. The van der Waals surface area contributed by atoms with Crippen LogP contribution in [-0.2, 0) is 16.8 Å². The summed E-state index contributed by atoms with van der Waals surface area (Å²) in [6.45, 7) is -0.109. The molecule has 0 spiro atoms. The average Bonchev–Trinajstić information content (AvgIpc) is 3.30. The van der Waals surface area contributed by atoms with Crippen LogP contribution in [0.15, 0.2) is 57.8 Å². The summed E-state index contributed by atoms with van der Waals surface area (Å²) in [5.74, 6) is -0.677. The lowest BCUT2D eigenvalue weighted by molar-refractivity contribution is -0.121. The number of carbonyl (C=O) groups excluding carboxylic acids is 1. The zero-order valence-corrected chi connectivity index (χ0v) is 14.6. The van der Waals surface area contributed by atoms with Gasteiger partial charge in [0.25, 0.3) is 0 Å². The number of halogens is 2. The van der Waals surface area contributed by atoms with E-state index in [9.17, 15) is 14.3 Å². The van der Waals surface area contributed by atoms with Gasteiger partial charge in [0.15, 0.2) is 5.60 Å². The average molecular weight is 380 g/mol. The van der Waals surface area contributed by atoms with Crippen molar-refractivity contribution >= 4 is 28.8 Å². The van der Waals surface area contributed by atoms with Gasteiger partial charge in [0.05, 0.1) is 19.2 Å². The minimum atomic E-state index is -1.50. The Balaban J connectivity index is 1.75. The summed E-state index contributed by atoms with van der Waals surface area (Å²) >= 11 is 7.37. The van der Waals surface area contributed by atoms with Gasteiger partial charge < -0.3 is 14.8 Å². The number of hydrogen-bond donors (Lipinski definition) is 2. The molecule has 7 heteroatoms. The molecule has 2 aromatic heterocycles. The monoisotopic (exact) mass is 379 g/mol. The second-order valence-corrected chi connectivity index (χ2v) is 6.69. The van der Waals surface area contributed by atoms with Crippen molar-refractivity contribution in [1.29, 1.82) is 0 Å². The Morgan fingerprint density at radius 1 is 1.32 bits per heavy atom. The first-order chi connectivity index (χ1) is 12.0. The second-order valence-electron chi connectivity index (χ2n) is 5.50. The minimum absolute atomic E-state index is 0.109. The van der Waals surface area contributed by atoms with Crippen molar-refractivity contribution < 1.29 is 18.7 Å². The highest BCUT2D eigenvalue weighted by molar-refractivity contribution is 7.08. The number of furan rings is 1. The van der Waals surface area contributed by atoms with Crippen molar-refractivity contribution in [3.63, 3.8) is 0 Å². The molecule has 3 aromatic rings. The molecule has 1 aromatic carbocycles. The van der Waals surface area contributed by atoms with Crippen LogP contribution < -0.4 is 5.32 Å². The minimum Gasteiger partial charge on any atom is -0.466 e. The van der Waals surface area contributed by atoms with Crippen LogP contribution in [0.3, 0.4) is 0 Å². The van der Waals surface area contributed by atoms with Crippen molar-refractivity contribution in [2.75, 3.05) is 6.54 Å². The van der Waals surface area contributed by atoms with Crippen molar-refractivity contribution in [2.45, 2.75) is 12.0 Å². The fourth-order valence-corrected chi connectivity index (χ4v) is 3.45. The molecule has 0 radical (unpaired) electrons. The summed E-state index contributed by atoms with van der Waals surface area (Å²) in [7, 11) is 0. The maximum Gasteiger partial charge on any atom is 0.224 e. The molecule has 3 rings (SSSR count). The van der Waals surface area contributed by atoms with Gasteiger partial charge in [-0.05, 0) is 41.1 Å². The quantitative estimate of drug-likeness (QED) is 0.686. The predicted molar refractivity (Wildman–Crippen MR) is 94.1 cm³/mol. The molecule has 0 saturated carbocycles. The highest BCUT2D eigenvalue weighted by Gasteiger charge is 2.35. The summed E-state index contributed by atoms with van der Waals surface area (Å²) in [4.78, 5) is 12.2. The molecule has 4 nitrogen and oxygen atoms in total. The molecular formula is C18H15ClFNO3S. The number of thiophene rings is 1. The third-order valence-corrected chi connectivity index (χ3v) is 4.91. The molecule has 0 saturated heterocycles. The number of benzene rings is 1. The molecule has 130 valence electrons. The summed E-state index contributed by atoms with van der Waals surface area (Å²) in [5.41, 5.74) is -0.770. The number of hydrogen-bond acceptors (Lipinski definition) is 4. The first kappa shape index (κ1) is 17.7. The zero-order valence-electron chi connectivity index (χ0n) is 13.0. The van der Waals surface area contributed by atoms with Gasteiger partial charge in [0, 0.05) is 16.1 Å². The first-order valence-corrected chi connectivity index (χ1v) is 8.81. The molecule has 0 aliphatic heterocycles. The number of nitrogens with one attached hydrogen (secondary N) is 1. The van der Waals surface area contributed by atoms with Gasteiger partial charge >= 0.3 is 0 Å². The van der Waals surface area contributed by atoms with Gasteiger partial charge in [-0.1, -0.05) is 17.7 Å². The van der Waals surface area contributed by atoms with Gasteiger partial charge in [-0.25, -0.2) is 4.39 Å². The fraction of sp³-hybridized carbons (Fsp3) is 0.167. The van der Waals surface area contributed by atoms with Crippen LogP contribution in [-0.4, -0.2) is 17.6 Å². The van der Waals surface area contributed by atoms with E-state index in [1.54, 1.807) is 23.6 Å². The SMILES string of the molecule is O=C(Cc1c(F)cccc1Cl)NCC(O)(c1ccsc1)c1ccco1. The Morgan fingerprint density at radius 3 is 2.80 bits per heavy atom. The van der Waals surface area contributed by atoms with E-state index in [-0.39, 0.29) is 23.6 Å². The van der Waals surface area contributed by atoms with Crippen LogP contribution in [0.25, 0.3) is 0 Å². The van der Waals surface area contributed by atoms with Crippen LogP contribution in [0.2, 0.25) is 5.02 Å². The number of aliphatic hydroxyl groups is 1. The Kier molecular flexibility index (Phi) is 5.22. The van der Waals surface area contributed by atoms with Crippen molar-refractivity contribution in [3.8, 4) is 0 Å². The highest BCUT2D eigenvalue weighted by atomic mass is 35.5. The topological polar surface area (TPSA) is 62.5 Å². The zero-order chi connectivity index (χ0) is 17.9. The highest BCUT2D eigenvalue weighted by Crippen LogP contribution is 2.31. The Hall–Kier alpha value is -2.15. The van der Waals surface area contributed by atoms with E-state index < -0.39 is 17.3 Å². The predicted octanol–water partition coefficient (Wildman–Crippen LogP) is 3.73. The normalized spacial score (nSPS) is 13.4. The van der Waals surface area contributed by atoms with Crippen molar-refractivity contribution in [2.24, 2.45) is 0 Å². The molecule has 0 aliphatic carbocycles.